The second kappa shape index (κ2) is 9.64. The molecule has 5 nitrogen and oxygen atoms in total. The highest BCUT2D eigenvalue weighted by molar-refractivity contribution is 6.32. The van der Waals surface area contributed by atoms with Gasteiger partial charge in [0.2, 0.25) is 0 Å². The molecule has 3 aromatic carbocycles. The Morgan fingerprint density at radius 3 is 2.06 bits per heavy atom. The van der Waals surface area contributed by atoms with Crippen molar-refractivity contribution in [3.63, 3.8) is 0 Å². The van der Waals surface area contributed by atoms with Crippen LogP contribution in [0, 0.1) is 11.6 Å². The van der Waals surface area contributed by atoms with E-state index in [0.717, 1.165) is 60.7 Å². The lowest BCUT2D eigenvalue weighted by atomic mass is 10.1. The van der Waals surface area contributed by atoms with Crippen LogP contribution in [0.5, 0.6) is 5.75 Å². The third-order valence-electron chi connectivity index (χ3n) is 4.35. The Labute approximate surface area is 193 Å². The lowest BCUT2D eigenvalue weighted by Crippen LogP contribution is -2.43. The molecule has 3 amide bonds. The van der Waals surface area contributed by atoms with E-state index in [4.69, 9.17) is 11.6 Å². The molecule has 178 valence electrons. The van der Waals surface area contributed by atoms with Gasteiger partial charge in [0.15, 0.2) is 0 Å². The Morgan fingerprint density at radius 2 is 1.47 bits per heavy atom. The van der Waals surface area contributed by atoms with Gasteiger partial charge < -0.3 is 10.1 Å². The molecule has 0 heterocycles. The molecule has 2 N–H and O–H groups in total. The smallest absolute Gasteiger partial charge is 0.426 e. The molecule has 0 spiro atoms. The summed E-state index contributed by atoms with van der Waals surface area (Å²) in [6, 6.07) is 9.32. The van der Waals surface area contributed by atoms with Crippen molar-refractivity contribution >= 4 is 29.2 Å². The van der Waals surface area contributed by atoms with Gasteiger partial charge in [-0.15, -0.1) is 0 Å². The van der Waals surface area contributed by atoms with E-state index < -0.39 is 57.5 Å². The zero-order valence-corrected chi connectivity index (χ0v) is 17.5. The minimum absolute atomic E-state index is 0.171. The maximum Gasteiger partial charge on any atom is 0.469 e. The third-order valence-corrected chi connectivity index (χ3v) is 4.64. The zero-order chi connectivity index (χ0) is 25.1. The fraction of sp³-hybridized carbons (Fsp3) is 0.0909. The number of alkyl halides is 4. The first-order valence-electron chi connectivity index (χ1n) is 9.28. The second-order valence-corrected chi connectivity index (χ2v) is 7.12. The summed E-state index contributed by atoms with van der Waals surface area (Å²) in [6.07, 6.45) is -4.99. The van der Waals surface area contributed by atoms with E-state index in [2.05, 4.69) is 10.1 Å². The molecule has 0 aliphatic carbocycles. The van der Waals surface area contributed by atoms with Crippen LogP contribution in [0.2, 0.25) is 5.02 Å². The maximum absolute atomic E-state index is 14.3. The van der Waals surface area contributed by atoms with Gasteiger partial charge >= 0.3 is 18.1 Å². The van der Waals surface area contributed by atoms with Crippen molar-refractivity contribution in [2.45, 2.75) is 12.0 Å². The van der Waals surface area contributed by atoms with E-state index in [-0.39, 0.29) is 5.69 Å². The highest BCUT2D eigenvalue weighted by atomic mass is 35.5. The van der Waals surface area contributed by atoms with Gasteiger partial charge in [-0.3, -0.25) is 10.1 Å². The molecule has 12 heteroatoms. The van der Waals surface area contributed by atoms with E-state index in [9.17, 15) is 35.9 Å². The van der Waals surface area contributed by atoms with Crippen molar-refractivity contribution in [2.75, 3.05) is 5.32 Å². The predicted octanol–water partition coefficient (Wildman–Crippen LogP) is 6.34. The lowest BCUT2D eigenvalue weighted by molar-refractivity contribution is -0.316. The fourth-order valence-electron chi connectivity index (χ4n) is 2.72. The number of ether oxygens (including phenoxy) is 1. The number of carbonyl (C=O) groups is 2. The van der Waals surface area contributed by atoms with Gasteiger partial charge in [0.25, 0.3) is 5.91 Å². The normalized spacial score (nSPS) is 11.6. The number of hydrogen-bond donors (Lipinski definition) is 2. The third kappa shape index (κ3) is 5.25. The number of anilines is 1. The number of benzene rings is 3. The zero-order valence-electron chi connectivity index (χ0n) is 16.7. The first-order valence-corrected chi connectivity index (χ1v) is 9.66. The van der Waals surface area contributed by atoms with Crippen LogP contribution in [0.3, 0.4) is 0 Å². The molecule has 0 aliphatic rings. The molecular formula is C22H13ClF6N2O3. The molecule has 0 saturated heterocycles. The highest BCUT2D eigenvalue weighted by Gasteiger charge is 2.60. The van der Waals surface area contributed by atoms with Crippen molar-refractivity contribution in [2.24, 2.45) is 0 Å². The molecule has 0 saturated carbocycles. The van der Waals surface area contributed by atoms with Gasteiger partial charge in [0.1, 0.15) is 22.9 Å². The van der Waals surface area contributed by atoms with Gasteiger partial charge in [0, 0.05) is 11.3 Å². The summed E-state index contributed by atoms with van der Waals surface area (Å²) in [6.45, 7) is 0. The number of urea groups is 1. The molecule has 0 radical (unpaired) electrons. The van der Waals surface area contributed by atoms with Crippen LogP contribution >= 0.6 is 11.6 Å². The Hall–Kier alpha value is -3.73. The van der Waals surface area contributed by atoms with Crippen LogP contribution in [0.4, 0.5) is 36.8 Å². The number of rotatable bonds is 6. The Balaban J connectivity index is 1.70. The van der Waals surface area contributed by atoms with Crippen LogP contribution in [-0.2, 0) is 5.92 Å². The summed E-state index contributed by atoms with van der Waals surface area (Å²) >= 11 is 5.82. The standard InChI is InChI=1S/C22H13ClF6N2O3/c23-14-11-13(30-20(33)31-19(32)18-15(24)7-4-8-16(18)25)9-10-17(14)34-22(28,29)21(26,27)12-5-2-1-3-6-12/h1-11H,(H2,30,31,32,33). The Morgan fingerprint density at radius 1 is 0.853 bits per heavy atom. The summed E-state index contributed by atoms with van der Waals surface area (Å²) in [5.74, 6) is -9.32. The van der Waals surface area contributed by atoms with Crippen LogP contribution in [0.25, 0.3) is 0 Å². The van der Waals surface area contributed by atoms with Gasteiger partial charge in [-0.05, 0) is 30.3 Å². The van der Waals surface area contributed by atoms with Gasteiger partial charge in [-0.25, -0.2) is 13.6 Å². The molecule has 0 bridgehead atoms. The molecule has 0 aliphatic heterocycles. The van der Waals surface area contributed by atoms with Crippen molar-refractivity contribution in [3.05, 3.63) is 94.5 Å². The molecular weight excluding hydrogens is 490 g/mol. The van der Waals surface area contributed by atoms with Gasteiger partial charge in [-0.2, -0.15) is 17.6 Å². The van der Waals surface area contributed by atoms with E-state index in [1.54, 1.807) is 5.32 Å². The fourth-order valence-corrected chi connectivity index (χ4v) is 2.94. The average Bonchev–Trinajstić information content (AvgIpc) is 2.76. The minimum Gasteiger partial charge on any atom is -0.426 e. The quantitative estimate of drug-likeness (QED) is 0.386. The average molecular weight is 503 g/mol. The number of imide groups is 1. The molecule has 0 unspecified atom stereocenters. The Bertz CT molecular complexity index is 1200. The second-order valence-electron chi connectivity index (χ2n) is 6.71. The van der Waals surface area contributed by atoms with E-state index in [1.165, 1.54) is 6.07 Å². The number of nitrogens with one attached hydrogen (secondary N) is 2. The molecule has 0 atom stereocenters. The minimum atomic E-state index is -4.99. The van der Waals surface area contributed by atoms with E-state index in [1.807, 2.05) is 0 Å². The van der Waals surface area contributed by atoms with Crippen molar-refractivity contribution in [1.82, 2.24) is 5.32 Å². The van der Waals surface area contributed by atoms with E-state index >= 15 is 0 Å². The largest absolute Gasteiger partial charge is 0.469 e. The monoisotopic (exact) mass is 502 g/mol. The number of carbonyl (C=O) groups excluding carboxylic acids is 2. The summed E-state index contributed by atoms with van der Waals surface area (Å²) in [7, 11) is 0. The summed E-state index contributed by atoms with van der Waals surface area (Å²) in [5, 5.41) is 3.18. The Kier molecular flexibility index (Phi) is 7.06. The summed E-state index contributed by atoms with van der Waals surface area (Å²) < 4.78 is 88.4. The first kappa shape index (κ1) is 24.9. The molecule has 3 rings (SSSR count). The number of halogens is 7. The first-order chi connectivity index (χ1) is 15.9. The summed E-state index contributed by atoms with van der Waals surface area (Å²) in [5.41, 5.74) is -2.15. The summed E-state index contributed by atoms with van der Waals surface area (Å²) in [4.78, 5) is 23.9. The number of hydrogen-bond acceptors (Lipinski definition) is 3. The van der Waals surface area contributed by atoms with Crippen molar-refractivity contribution in [3.8, 4) is 5.75 Å². The number of amides is 3. The maximum atomic E-state index is 14.3. The molecule has 3 aromatic rings. The van der Waals surface area contributed by atoms with E-state index in [0.29, 0.717) is 0 Å². The van der Waals surface area contributed by atoms with Crippen LogP contribution in [0.1, 0.15) is 15.9 Å². The van der Waals surface area contributed by atoms with Crippen molar-refractivity contribution < 1.29 is 40.7 Å². The SMILES string of the molecule is O=C(NC(=O)c1c(F)cccc1F)Nc1ccc(OC(F)(F)C(F)(F)c2ccccc2)c(Cl)c1. The molecule has 0 aromatic heterocycles. The van der Waals surface area contributed by atoms with Gasteiger partial charge in [-0.1, -0.05) is 48.0 Å². The van der Waals surface area contributed by atoms with Crippen LogP contribution in [-0.4, -0.2) is 18.0 Å². The van der Waals surface area contributed by atoms with Crippen molar-refractivity contribution in [1.29, 1.82) is 0 Å². The molecule has 0 fully saturated rings. The van der Waals surface area contributed by atoms with Gasteiger partial charge in [0.05, 0.1) is 5.02 Å². The topological polar surface area (TPSA) is 67.4 Å². The lowest BCUT2D eigenvalue weighted by Gasteiger charge is -2.27. The van der Waals surface area contributed by atoms with Crippen LogP contribution < -0.4 is 15.4 Å². The molecule has 34 heavy (non-hydrogen) atoms. The predicted molar refractivity (Wildman–Crippen MR) is 110 cm³/mol. The van der Waals surface area contributed by atoms with Crippen LogP contribution in [0.15, 0.2) is 66.7 Å². The highest BCUT2D eigenvalue weighted by Crippen LogP contribution is 2.45.